The van der Waals surface area contributed by atoms with Gasteiger partial charge in [-0.3, -0.25) is 4.79 Å². The number of hydrogen-bond donors (Lipinski definition) is 1. The second kappa shape index (κ2) is 11.7. The lowest BCUT2D eigenvalue weighted by Crippen LogP contribution is -2.60. The maximum Gasteiger partial charge on any atom is 0.573 e. The number of piperazine rings is 1. The van der Waals surface area contributed by atoms with Gasteiger partial charge < -0.3 is 14.7 Å². The van der Waals surface area contributed by atoms with Crippen LogP contribution in [0.2, 0.25) is 0 Å². The van der Waals surface area contributed by atoms with Gasteiger partial charge in [0.15, 0.2) is 0 Å². The highest BCUT2D eigenvalue weighted by Gasteiger charge is 2.45. The summed E-state index contributed by atoms with van der Waals surface area (Å²) in [7, 11) is -4.60. The minimum absolute atomic E-state index is 0.0856. The first kappa shape index (κ1) is 30.9. The summed E-state index contributed by atoms with van der Waals surface area (Å²) in [4.78, 5) is 27.0. The van der Waals surface area contributed by atoms with E-state index in [0.717, 1.165) is 47.0 Å². The van der Waals surface area contributed by atoms with E-state index in [1.54, 1.807) is 6.07 Å². The molecule has 1 saturated heterocycles. The second-order valence-electron chi connectivity index (χ2n) is 11.2. The number of para-hydroxylation sites is 1. The Hall–Kier alpha value is -3.08. The maximum atomic E-state index is 13.7. The Balaban J connectivity index is 1.77. The number of carbonyl (C=O) groups is 2. The first-order valence-corrected chi connectivity index (χ1v) is 15.4. The van der Waals surface area contributed by atoms with Crippen molar-refractivity contribution >= 4 is 38.9 Å². The van der Waals surface area contributed by atoms with Crippen LogP contribution in [0.3, 0.4) is 0 Å². The van der Waals surface area contributed by atoms with Crippen molar-refractivity contribution in [2.24, 2.45) is 11.3 Å². The van der Waals surface area contributed by atoms with E-state index in [2.05, 4.69) is 16.6 Å². The first-order valence-electron chi connectivity index (χ1n) is 13.1. The molecule has 1 aromatic carbocycles. The number of carboxylic acid groups (broad SMARTS) is 1. The molecule has 0 bridgehead atoms. The molecule has 2 fully saturated rings. The lowest BCUT2D eigenvalue weighted by molar-refractivity contribution is -0.275. The fourth-order valence-corrected chi connectivity index (χ4v) is 7.54. The number of nitrogens with zero attached hydrogens (tertiary/aromatic N) is 2. The zero-order valence-electron chi connectivity index (χ0n) is 22.8. The van der Waals surface area contributed by atoms with Crippen LogP contribution in [0.5, 0.6) is 5.75 Å². The highest BCUT2D eigenvalue weighted by atomic mass is 32.2. The molecular weight excluding hydrogens is 581 g/mol. The van der Waals surface area contributed by atoms with Gasteiger partial charge in [-0.1, -0.05) is 43.2 Å². The number of alkyl halides is 3. The van der Waals surface area contributed by atoms with Gasteiger partial charge >= 0.3 is 12.3 Å². The summed E-state index contributed by atoms with van der Waals surface area (Å²) in [6.45, 7) is 4.84. The average molecular weight is 613 g/mol. The van der Waals surface area contributed by atoms with Crippen LogP contribution in [0.1, 0.15) is 67.4 Å². The lowest BCUT2D eigenvalue weighted by Gasteiger charge is -2.45. The largest absolute Gasteiger partial charge is 0.573 e. The highest BCUT2D eigenvalue weighted by Crippen LogP contribution is 2.40. The molecule has 1 unspecified atom stereocenters. The van der Waals surface area contributed by atoms with Gasteiger partial charge in [0, 0.05) is 12.0 Å². The van der Waals surface area contributed by atoms with Crippen molar-refractivity contribution in [3.05, 3.63) is 40.1 Å². The number of carboxylic acids is 1. The third-order valence-corrected chi connectivity index (χ3v) is 9.80. The predicted molar refractivity (Wildman–Crippen MR) is 147 cm³/mol. The average Bonchev–Trinajstić information content (AvgIpc) is 3.31. The predicted octanol–water partition coefficient (Wildman–Crippen LogP) is 5.73. The van der Waals surface area contributed by atoms with Gasteiger partial charge in [0.25, 0.3) is 0 Å². The van der Waals surface area contributed by atoms with Crippen molar-refractivity contribution in [3.8, 4) is 17.6 Å². The normalized spacial score (nSPS) is 19.5. The summed E-state index contributed by atoms with van der Waals surface area (Å²) in [5, 5.41) is 9.99. The van der Waals surface area contributed by atoms with Crippen LogP contribution >= 0.6 is 11.3 Å². The van der Waals surface area contributed by atoms with Gasteiger partial charge in [0.1, 0.15) is 15.5 Å². The van der Waals surface area contributed by atoms with Crippen LogP contribution in [0.15, 0.2) is 35.2 Å². The van der Waals surface area contributed by atoms with Crippen LogP contribution in [-0.2, 0) is 14.8 Å². The number of ether oxygens (including phenoxy) is 1. The number of aromatic carboxylic acids is 1. The van der Waals surface area contributed by atoms with Crippen LogP contribution in [0.4, 0.5) is 18.9 Å². The number of amides is 1. The molecule has 1 atom stereocenters. The summed E-state index contributed by atoms with van der Waals surface area (Å²) in [5.74, 6) is 3.10. The van der Waals surface area contributed by atoms with Crippen molar-refractivity contribution in [2.75, 3.05) is 18.0 Å². The topological polar surface area (TPSA) is 104 Å². The molecule has 1 saturated carbocycles. The monoisotopic (exact) mass is 612 g/mol. The van der Waals surface area contributed by atoms with Gasteiger partial charge in [-0.2, -0.15) is 4.31 Å². The van der Waals surface area contributed by atoms with E-state index in [1.165, 1.54) is 17.0 Å². The van der Waals surface area contributed by atoms with Crippen LogP contribution in [0, 0.1) is 23.2 Å². The molecule has 4 rings (SSSR count). The number of sulfonamides is 1. The fraction of sp³-hybridized carbons (Fsp3) is 0.500. The molecule has 222 valence electrons. The van der Waals surface area contributed by atoms with E-state index in [0.29, 0.717) is 17.7 Å². The highest BCUT2D eigenvalue weighted by molar-refractivity contribution is 7.89. The third kappa shape index (κ3) is 7.23. The Morgan fingerprint density at radius 1 is 1.12 bits per heavy atom. The zero-order valence-corrected chi connectivity index (χ0v) is 24.5. The molecule has 2 aromatic rings. The molecule has 2 heterocycles. The first-order chi connectivity index (χ1) is 19.1. The Bertz CT molecular complexity index is 1480. The Morgan fingerprint density at radius 2 is 1.78 bits per heavy atom. The lowest BCUT2D eigenvalue weighted by atomic mass is 9.82. The van der Waals surface area contributed by atoms with E-state index in [9.17, 15) is 36.3 Å². The molecule has 1 N–H and O–H groups in total. The quantitative estimate of drug-likeness (QED) is 0.418. The summed E-state index contributed by atoms with van der Waals surface area (Å²) in [6.07, 6.45) is -1.04. The number of thiophene rings is 1. The molecule has 2 aliphatic rings. The molecule has 13 heteroatoms. The summed E-state index contributed by atoms with van der Waals surface area (Å²) < 4.78 is 71.3. The summed E-state index contributed by atoms with van der Waals surface area (Å²) >= 11 is 0.941. The smallest absolute Gasteiger partial charge is 0.477 e. The van der Waals surface area contributed by atoms with Crippen LogP contribution in [-0.4, -0.2) is 55.2 Å². The number of benzene rings is 1. The number of halogens is 3. The number of rotatable bonds is 6. The standard InChI is InChI=1S/C28H31F3N2O6S2/c1-27(2,3)14-13-19-15-20(25(40-19)26(35)36)33-21(18-9-5-4-6-10-18)16-32(17-24(33)34)41(37,38)23-12-8-7-11-22(23)39-28(29,30)31/h7-8,11-12,15,18,21H,4-6,9-10,16-17H2,1-3H3,(H,35,36). The minimum Gasteiger partial charge on any atom is -0.477 e. The Kier molecular flexibility index (Phi) is 8.78. The molecule has 8 nitrogen and oxygen atoms in total. The Labute approximate surface area is 241 Å². The van der Waals surface area contributed by atoms with E-state index < -0.39 is 51.5 Å². The summed E-state index contributed by atoms with van der Waals surface area (Å²) in [5.41, 5.74) is -0.195. The fourth-order valence-electron chi connectivity index (χ4n) is 5.18. The van der Waals surface area contributed by atoms with E-state index in [4.69, 9.17) is 0 Å². The third-order valence-electron chi connectivity index (χ3n) is 6.92. The van der Waals surface area contributed by atoms with Gasteiger partial charge in [-0.05, 0) is 57.7 Å². The molecule has 41 heavy (non-hydrogen) atoms. The number of carbonyl (C=O) groups excluding carboxylic acids is 1. The molecule has 1 aliphatic carbocycles. The van der Waals surface area contributed by atoms with Crippen molar-refractivity contribution in [3.63, 3.8) is 0 Å². The van der Waals surface area contributed by atoms with Crippen LogP contribution < -0.4 is 9.64 Å². The van der Waals surface area contributed by atoms with Crippen molar-refractivity contribution in [1.82, 2.24) is 4.31 Å². The summed E-state index contributed by atoms with van der Waals surface area (Å²) in [6, 6.07) is 5.23. The maximum absolute atomic E-state index is 13.7. The van der Waals surface area contributed by atoms with Crippen LogP contribution in [0.25, 0.3) is 0 Å². The van der Waals surface area contributed by atoms with E-state index in [1.807, 2.05) is 20.8 Å². The SMILES string of the molecule is CC(C)(C)C#Cc1cc(N2C(=O)CN(S(=O)(=O)c3ccccc3OC(F)(F)F)CC2C2CCCCC2)c(C(=O)O)s1. The minimum atomic E-state index is -5.12. The van der Waals surface area contributed by atoms with Crippen molar-refractivity contribution in [1.29, 1.82) is 0 Å². The van der Waals surface area contributed by atoms with Gasteiger partial charge in [0.2, 0.25) is 15.9 Å². The molecular formula is C28H31F3N2O6S2. The van der Waals surface area contributed by atoms with Crippen molar-refractivity contribution < 1.29 is 41.0 Å². The van der Waals surface area contributed by atoms with Gasteiger partial charge in [-0.25, -0.2) is 13.2 Å². The van der Waals surface area contributed by atoms with E-state index in [-0.39, 0.29) is 28.4 Å². The van der Waals surface area contributed by atoms with Gasteiger partial charge in [0.05, 0.1) is 23.2 Å². The molecule has 1 aliphatic heterocycles. The molecule has 1 aromatic heterocycles. The zero-order chi connectivity index (χ0) is 30.2. The molecule has 0 spiro atoms. The Morgan fingerprint density at radius 3 is 2.39 bits per heavy atom. The number of hydrogen-bond acceptors (Lipinski definition) is 6. The molecule has 1 amide bonds. The van der Waals surface area contributed by atoms with Crippen molar-refractivity contribution in [2.45, 2.75) is 70.2 Å². The van der Waals surface area contributed by atoms with Gasteiger partial charge in [-0.15, -0.1) is 24.5 Å². The van der Waals surface area contributed by atoms with E-state index >= 15 is 0 Å². The molecule has 0 radical (unpaired) electrons. The number of anilines is 1. The second-order valence-corrected chi connectivity index (χ2v) is 14.1.